The molecule has 1 aromatic heterocycles. The molecule has 1 aliphatic heterocycles. The second-order valence-electron chi connectivity index (χ2n) is 7.60. The van der Waals surface area contributed by atoms with E-state index in [4.69, 9.17) is 0 Å². The molecule has 162 valence electrons. The monoisotopic (exact) mass is 428 g/mol. The largest absolute Gasteiger partial charge is 0.410 e. The molecule has 0 radical (unpaired) electrons. The zero-order valence-electron chi connectivity index (χ0n) is 17.0. The van der Waals surface area contributed by atoms with Crippen molar-refractivity contribution in [3.8, 4) is 0 Å². The third-order valence-corrected chi connectivity index (χ3v) is 5.57. The van der Waals surface area contributed by atoms with E-state index in [1.54, 1.807) is 0 Å². The van der Waals surface area contributed by atoms with Crippen LogP contribution in [0.1, 0.15) is 52.5 Å². The predicted octanol–water partition coefficient (Wildman–Crippen LogP) is 5.04. The number of aryl methyl sites for hydroxylation is 1. The second-order valence-corrected chi connectivity index (χ2v) is 7.60. The highest BCUT2D eigenvalue weighted by molar-refractivity contribution is 5.98. The number of fused-ring (bicyclic) bond motifs is 1. The van der Waals surface area contributed by atoms with Gasteiger partial charge in [0.1, 0.15) is 11.4 Å². The lowest BCUT2D eigenvalue weighted by Gasteiger charge is -2.34. The molecule has 31 heavy (non-hydrogen) atoms. The molecule has 1 aliphatic rings. The molecule has 4 rings (SSSR count). The van der Waals surface area contributed by atoms with Crippen LogP contribution < -0.4 is 10.6 Å². The molecule has 3 aromatic rings. The van der Waals surface area contributed by atoms with E-state index in [1.807, 2.05) is 61.5 Å². The van der Waals surface area contributed by atoms with Gasteiger partial charge < -0.3 is 10.6 Å². The summed E-state index contributed by atoms with van der Waals surface area (Å²) < 4.78 is 42.3. The van der Waals surface area contributed by atoms with Crippen molar-refractivity contribution in [3.63, 3.8) is 0 Å². The number of rotatable bonds is 5. The van der Waals surface area contributed by atoms with Crippen LogP contribution in [0, 0.1) is 0 Å². The first kappa shape index (κ1) is 21.0. The number of hydrogen-bond donors (Lipinski definition) is 2. The number of alkyl halides is 3. The fourth-order valence-corrected chi connectivity index (χ4v) is 3.81. The molecule has 0 saturated carbocycles. The van der Waals surface area contributed by atoms with Crippen molar-refractivity contribution in [2.75, 3.05) is 5.32 Å². The summed E-state index contributed by atoms with van der Waals surface area (Å²) in [5.41, 5.74) is 2.85. The molecule has 0 unspecified atom stereocenters. The topological polar surface area (TPSA) is 59.0 Å². The molecule has 2 heterocycles. The van der Waals surface area contributed by atoms with Crippen LogP contribution in [0.5, 0.6) is 0 Å². The Morgan fingerprint density at radius 1 is 1.13 bits per heavy atom. The van der Waals surface area contributed by atoms with Gasteiger partial charge in [-0.2, -0.15) is 18.3 Å². The van der Waals surface area contributed by atoms with Crippen molar-refractivity contribution >= 4 is 11.7 Å². The number of carbonyl (C=O) groups is 1. The fourth-order valence-electron chi connectivity index (χ4n) is 3.81. The Labute approximate surface area is 178 Å². The lowest BCUT2D eigenvalue weighted by Crippen LogP contribution is -2.36. The van der Waals surface area contributed by atoms with Crippen LogP contribution in [-0.2, 0) is 13.0 Å². The predicted molar refractivity (Wildman–Crippen MR) is 112 cm³/mol. The lowest BCUT2D eigenvalue weighted by molar-refractivity contribution is -0.173. The van der Waals surface area contributed by atoms with Crippen LogP contribution in [-0.4, -0.2) is 21.9 Å². The quantitative estimate of drug-likeness (QED) is 0.599. The molecule has 2 N–H and O–H groups in total. The van der Waals surface area contributed by atoms with E-state index >= 15 is 0 Å². The molecule has 0 spiro atoms. The lowest BCUT2D eigenvalue weighted by atomic mass is 9.95. The highest BCUT2D eigenvalue weighted by atomic mass is 19.4. The normalized spacial score (nSPS) is 18.2. The van der Waals surface area contributed by atoms with Crippen LogP contribution in [0.25, 0.3) is 0 Å². The van der Waals surface area contributed by atoms with Crippen LogP contribution in [0.3, 0.4) is 0 Å². The van der Waals surface area contributed by atoms with Gasteiger partial charge in [0.05, 0.1) is 12.2 Å². The second kappa shape index (κ2) is 8.45. The first-order valence-electron chi connectivity index (χ1n) is 10.2. The highest BCUT2D eigenvalue weighted by Crippen LogP contribution is 2.44. The van der Waals surface area contributed by atoms with E-state index in [1.165, 1.54) is 6.20 Å². The van der Waals surface area contributed by atoms with Gasteiger partial charge in [0, 0.05) is 13.0 Å². The highest BCUT2D eigenvalue weighted by Gasteiger charge is 2.47. The molecule has 1 amide bonds. The van der Waals surface area contributed by atoms with E-state index in [-0.39, 0.29) is 24.3 Å². The smallest absolute Gasteiger partial charge is 0.363 e. The molecule has 2 atom stereocenters. The van der Waals surface area contributed by atoms with E-state index in [0.29, 0.717) is 0 Å². The minimum atomic E-state index is -4.48. The Balaban J connectivity index is 1.61. The van der Waals surface area contributed by atoms with Gasteiger partial charge in [-0.05, 0) is 23.1 Å². The van der Waals surface area contributed by atoms with Gasteiger partial charge in [0.2, 0.25) is 0 Å². The number of amides is 1. The molecular formula is C23H23F3N4O. The van der Waals surface area contributed by atoms with Crippen LogP contribution >= 0.6 is 0 Å². The molecule has 0 aliphatic carbocycles. The van der Waals surface area contributed by atoms with E-state index in [9.17, 15) is 18.0 Å². The van der Waals surface area contributed by atoms with Gasteiger partial charge in [-0.15, -0.1) is 0 Å². The number of anilines is 1. The number of benzene rings is 2. The number of carbonyl (C=O) groups excluding carboxylic acids is 1. The Morgan fingerprint density at radius 2 is 1.84 bits per heavy atom. The molecule has 0 saturated heterocycles. The van der Waals surface area contributed by atoms with Gasteiger partial charge >= 0.3 is 6.18 Å². The summed E-state index contributed by atoms with van der Waals surface area (Å²) in [5.74, 6) is -0.385. The van der Waals surface area contributed by atoms with E-state index in [0.717, 1.165) is 27.8 Å². The van der Waals surface area contributed by atoms with Gasteiger partial charge in [-0.25, -0.2) is 4.68 Å². The van der Waals surface area contributed by atoms with Crippen LogP contribution in [0.2, 0.25) is 0 Å². The fraction of sp³-hybridized carbons (Fsp3) is 0.304. The SMILES string of the molecule is CCc1ccc([C@H]2C[C@@H](C(F)(F)F)n3ncc(C(=O)NCc4ccccc4)c3N2)cc1. The molecule has 5 nitrogen and oxygen atoms in total. The minimum absolute atomic E-state index is 0.0868. The van der Waals surface area contributed by atoms with Crippen LogP contribution in [0.15, 0.2) is 60.8 Å². The van der Waals surface area contributed by atoms with Crippen molar-refractivity contribution in [2.24, 2.45) is 0 Å². The van der Waals surface area contributed by atoms with Gasteiger partial charge in [0.15, 0.2) is 6.04 Å². The molecule has 0 bridgehead atoms. The Bertz CT molecular complexity index is 1040. The summed E-state index contributed by atoms with van der Waals surface area (Å²) in [7, 11) is 0. The van der Waals surface area contributed by atoms with E-state index < -0.39 is 24.2 Å². The number of hydrogen-bond acceptors (Lipinski definition) is 3. The van der Waals surface area contributed by atoms with Crippen molar-refractivity contribution in [3.05, 3.63) is 83.0 Å². The van der Waals surface area contributed by atoms with Crippen molar-refractivity contribution < 1.29 is 18.0 Å². The summed E-state index contributed by atoms with van der Waals surface area (Å²) in [4.78, 5) is 12.7. The van der Waals surface area contributed by atoms with Crippen molar-refractivity contribution in [1.29, 1.82) is 0 Å². The summed E-state index contributed by atoms with van der Waals surface area (Å²) in [5, 5.41) is 9.79. The first-order chi connectivity index (χ1) is 14.9. The summed E-state index contributed by atoms with van der Waals surface area (Å²) in [6.07, 6.45) is -2.64. The zero-order chi connectivity index (χ0) is 22.0. The zero-order valence-corrected chi connectivity index (χ0v) is 17.0. The third kappa shape index (κ3) is 4.42. The number of nitrogens with zero attached hydrogens (tertiary/aromatic N) is 2. The Morgan fingerprint density at radius 3 is 2.48 bits per heavy atom. The number of aromatic nitrogens is 2. The molecule has 0 fully saturated rings. The minimum Gasteiger partial charge on any atom is -0.363 e. The Kier molecular flexibility index (Phi) is 5.71. The van der Waals surface area contributed by atoms with Gasteiger partial charge in [0.25, 0.3) is 5.91 Å². The number of halogens is 3. The summed E-state index contributed by atoms with van der Waals surface area (Å²) >= 11 is 0. The number of nitrogens with one attached hydrogen (secondary N) is 2. The third-order valence-electron chi connectivity index (χ3n) is 5.57. The van der Waals surface area contributed by atoms with Gasteiger partial charge in [-0.1, -0.05) is 61.5 Å². The average Bonchev–Trinajstić information content (AvgIpc) is 3.21. The Hall–Kier alpha value is -3.29. The maximum atomic E-state index is 13.8. The maximum Gasteiger partial charge on any atom is 0.410 e. The van der Waals surface area contributed by atoms with Crippen molar-refractivity contribution in [2.45, 2.75) is 44.6 Å². The molecular weight excluding hydrogens is 405 g/mol. The summed E-state index contributed by atoms with van der Waals surface area (Å²) in [6.45, 7) is 2.29. The maximum absolute atomic E-state index is 13.8. The average molecular weight is 428 g/mol. The van der Waals surface area contributed by atoms with Gasteiger partial charge in [-0.3, -0.25) is 4.79 Å². The molecule has 8 heteroatoms. The van der Waals surface area contributed by atoms with Crippen LogP contribution in [0.4, 0.5) is 19.0 Å². The van der Waals surface area contributed by atoms with Crippen molar-refractivity contribution in [1.82, 2.24) is 15.1 Å². The first-order valence-corrected chi connectivity index (χ1v) is 10.2. The molecule has 2 aromatic carbocycles. The summed E-state index contributed by atoms with van der Waals surface area (Å²) in [6, 6.07) is 14.4. The standard InChI is InChI=1S/C23H23F3N4O/c1-2-15-8-10-17(11-9-15)19-12-20(23(24,25)26)30-21(29-19)18(14-28-30)22(31)27-13-16-6-4-3-5-7-16/h3-11,14,19-20,29H,2,12-13H2,1H3,(H,27,31)/t19-,20+/m1/s1. The van der Waals surface area contributed by atoms with E-state index in [2.05, 4.69) is 15.7 Å².